The number of nitro benzene ring substituents is 1. The molecule has 0 saturated heterocycles. The molecular formula is C17H9ClN4O3. The summed E-state index contributed by atoms with van der Waals surface area (Å²) in [5.41, 5.74) is 0.245. The van der Waals surface area contributed by atoms with Gasteiger partial charge in [0.2, 0.25) is 0 Å². The average Bonchev–Trinajstić information content (AvgIpc) is 2.62. The fourth-order valence-electron chi connectivity index (χ4n) is 2.40. The van der Waals surface area contributed by atoms with Gasteiger partial charge in [-0.2, -0.15) is 10.4 Å². The van der Waals surface area contributed by atoms with Crippen LogP contribution in [0.1, 0.15) is 11.3 Å². The Labute approximate surface area is 145 Å². The van der Waals surface area contributed by atoms with Gasteiger partial charge >= 0.3 is 0 Å². The summed E-state index contributed by atoms with van der Waals surface area (Å²) in [6.07, 6.45) is 1.45. The maximum absolute atomic E-state index is 11.8. The largest absolute Gasteiger partial charge is 0.288 e. The Balaban J connectivity index is 2.20. The molecule has 0 saturated carbocycles. The Kier molecular flexibility index (Phi) is 4.29. The zero-order valence-corrected chi connectivity index (χ0v) is 13.3. The first-order chi connectivity index (χ1) is 12.0. The van der Waals surface area contributed by atoms with E-state index in [0.717, 1.165) is 0 Å². The van der Waals surface area contributed by atoms with Gasteiger partial charge in [0.25, 0.3) is 11.2 Å². The highest BCUT2D eigenvalue weighted by Gasteiger charge is 2.14. The molecule has 0 fully saturated rings. The normalized spacial score (nSPS) is 11.3. The summed E-state index contributed by atoms with van der Waals surface area (Å²) in [7, 11) is 0. The molecule has 0 bridgehead atoms. The van der Waals surface area contributed by atoms with Crippen LogP contribution in [0.2, 0.25) is 5.02 Å². The lowest BCUT2D eigenvalue weighted by molar-refractivity contribution is -0.384. The second-order valence-corrected chi connectivity index (χ2v) is 5.49. The number of nitrogens with one attached hydrogen (secondary N) is 1. The van der Waals surface area contributed by atoms with E-state index < -0.39 is 4.92 Å². The first kappa shape index (κ1) is 16.4. The van der Waals surface area contributed by atoms with Gasteiger partial charge in [0, 0.05) is 11.5 Å². The van der Waals surface area contributed by atoms with Crippen LogP contribution in [0.4, 0.5) is 5.69 Å². The van der Waals surface area contributed by atoms with Gasteiger partial charge in [0.05, 0.1) is 15.9 Å². The summed E-state index contributed by atoms with van der Waals surface area (Å²) < 4.78 is 0. The quantitative estimate of drug-likeness (QED) is 0.440. The summed E-state index contributed by atoms with van der Waals surface area (Å²) in [6.45, 7) is 0. The molecule has 0 radical (unpaired) electrons. The van der Waals surface area contributed by atoms with E-state index in [1.54, 1.807) is 30.3 Å². The third-order valence-corrected chi connectivity index (χ3v) is 3.87. The van der Waals surface area contributed by atoms with E-state index in [9.17, 15) is 20.2 Å². The lowest BCUT2D eigenvalue weighted by atomic mass is 10.0. The van der Waals surface area contributed by atoms with Crippen molar-refractivity contribution in [1.29, 1.82) is 5.26 Å². The molecule has 3 rings (SSSR count). The average molecular weight is 353 g/mol. The zero-order chi connectivity index (χ0) is 18.0. The fourth-order valence-corrected chi connectivity index (χ4v) is 2.59. The van der Waals surface area contributed by atoms with Crippen molar-refractivity contribution in [3.63, 3.8) is 0 Å². The lowest BCUT2D eigenvalue weighted by Gasteiger charge is -2.04. The molecule has 0 atom stereocenters. The van der Waals surface area contributed by atoms with Gasteiger partial charge < -0.3 is 0 Å². The molecular weight excluding hydrogens is 344 g/mol. The first-order valence-corrected chi connectivity index (χ1v) is 7.42. The van der Waals surface area contributed by atoms with E-state index in [1.165, 1.54) is 18.2 Å². The predicted octanol–water partition coefficient (Wildman–Crippen LogP) is 3.55. The molecule has 0 amide bonds. The van der Waals surface area contributed by atoms with Crippen molar-refractivity contribution in [2.24, 2.45) is 0 Å². The molecule has 0 unspecified atom stereocenters. The van der Waals surface area contributed by atoms with Crippen LogP contribution in [0.3, 0.4) is 0 Å². The first-order valence-electron chi connectivity index (χ1n) is 7.05. The van der Waals surface area contributed by atoms with Crippen LogP contribution in [0.5, 0.6) is 0 Å². The molecule has 1 N–H and O–H groups in total. The van der Waals surface area contributed by atoms with Crippen molar-refractivity contribution in [1.82, 2.24) is 10.2 Å². The van der Waals surface area contributed by atoms with Crippen LogP contribution in [0, 0.1) is 21.4 Å². The van der Waals surface area contributed by atoms with Gasteiger partial charge in [0.15, 0.2) is 0 Å². The highest BCUT2D eigenvalue weighted by atomic mass is 35.5. The number of benzene rings is 2. The number of hydrogen-bond acceptors (Lipinski definition) is 5. The SMILES string of the molecule is N#CC(=Cc1ccc(Cl)c([N+](=O)[O-])c1)c1n[nH]c(=O)c2ccccc12. The number of halogens is 1. The van der Waals surface area contributed by atoms with Crippen LogP contribution >= 0.6 is 11.6 Å². The smallest absolute Gasteiger partial charge is 0.267 e. The van der Waals surface area contributed by atoms with Gasteiger partial charge in [0.1, 0.15) is 16.8 Å². The fraction of sp³-hybridized carbons (Fsp3) is 0. The number of rotatable bonds is 3. The summed E-state index contributed by atoms with van der Waals surface area (Å²) in [4.78, 5) is 22.2. The minimum Gasteiger partial charge on any atom is -0.267 e. The molecule has 2 aromatic carbocycles. The third kappa shape index (κ3) is 3.11. The van der Waals surface area contributed by atoms with Crippen LogP contribution in [-0.2, 0) is 0 Å². The number of nitrogens with zero attached hydrogens (tertiary/aromatic N) is 3. The molecule has 0 aliphatic rings. The van der Waals surface area contributed by atoms with Crippen molar-refractivity contribution in [2.45, 2.75) is 0 Å². The van der Waals surface area contributed by atoms with Gasteiger partial charge in [-0.25, -0.2) is 5.10 Å². The Bertz CT molecular complexity index is 1130. The molecule has 0 spiro atoms. The lowest BCUT2D eigenvalue weighted by Crippen LogP contribution is -2.10. The summed E-state index contributed by atoms with van der Waals surface area (Å²) in [6, 6.07) is 13.0. The standard InChI is InChI=1S/C17H9ClN4O3/c18-14-6-5-10(8-15(14)22(24)25)7-11(9-19)16-12-3-1-2-4-13(12)17(23)21-20-16/h1-8H,(H,21,23). The van der Waals surface area contributed by atoms with Crippen molar-refractivity contribution >= 4 is 39.7 Å². The zero-order valence-electron chi connectivity index (χ0n) is 12.6. The molecule has 3 aromatic rings. The Morgan fingerprint density at radius 3 is 2.68 bits per heavy atom. The predicted molar refractivity (Wildman–Crippen MR) is 94.0 cm³/mol. The second-order valence-electron chi connectivity index (χ2n) is 5.08. The number of hydrogen-bond donors (Lipinski definition) is 1. The van der Waals surface area contributed by atoms with E-state index in [4.69, 9.17) is 11.6 Å². The van der Waals surface area contributed by atoms with Crippen LogP contribution in [0.25, 0.3) is 22.4 Å². The van der Waals surface area contributed by atoms with Crippen LogP contribution in [0.15, 0.2) is 47.3 Å². The molecule has 0 aliphatic carbocycles. The molecule has 0 aliphatic heterocycles. The van der Waals surface area contributed by atoms with E-state index in [0.29, 0.717) is 16.3 Å². The Morgan fingerprint density at radius 2 is 2.00 bits per heavy atom. The maximum Gasteiger partial charge on any atom is 0.288 e. The molecule has 122 valence electrons. The number of allylic oxidation sites excluding steroid dienone is 1. The number of aromatic amines is 1. The third-order valence-electron chi connectivity index (χ3n) is 3.55. The molecule has 1 heterocycles. The molecule has 1 aromatic heterocycles. The monoisotopic (exact) mass is 352 g/mol. The van der Waals surface area contributed by atoms with Gasteiger partial charge in [-0.3, -0.25) is 14.9 Å². The number of fused-ring (bicyclic) bond motifs is 1. The number of aromatic nitrogens is 2. The minimum absolute atomic E-state index is 0.00766. The van der Waals surface area contributed by atoms with Gasteiger partial charge in [-0.15, -0.1) is 0 Å². The van der Waals surface area contributed by atoms with Crippen molar-refractivity contribution in [3.05, 3.63) is 79.2 Å². The van der Waals surface area contributed by atoms with E-state index in [-0.39, 0.29) is 27.5 Å². The number of nitriles is 1. The maximum atomic E-state index is 11.8. The molecule has 8 heteroatoms. The molecule has 7 nitrogen and oxygen atoms in total. The van der Waals surface area contributed by atoms with E-state index in [2.05, 4.69) is 10.2 Å². The number of H-pyrrole nitrogens is 1. The summed E-state index contributed by atoms with van der Waals surface area (Å²) in [5.74, 6) is 0. The van der Waals surface area contributed by atoms with E-state index >= 15 is 0 Å². The minimum atomic E-state index is -0.598. The highest BCUT2D eigenvalue weighted by molar-refractivity contribution is 6.32. The van der Waals surface area contributed by atoms with Crippen molar-refractivity contribution < 1.29 is 4.92 Å². The topological polar surface area (TPSA) is 113 Å². The van der Waals surface area contributed by atoms with Gasteiger partial charge in [-0.05, 0) is 23.8 Å². The Morgan fingerprint density at radius 1 is 1.28 bits per heavy atom. The van der Waals surface area contributed by atoms with Gasteiger partial charge in [-0.1, -0.05) is 35.9 Å². The van der Waals surface area contributed by atoms with Crippen LogP contribution in [-0.4, -0.2) is 15.1 Å². The van der Waals surface area contributed by atoms with Crippen LogP contribution < -0.4 is 5.56 Å². The van der Waals surface area contributed by atoms with Crippen molar-refractivity contribution in [2.75, 3.05) is 0 Å². The Hall–Kier alpha value is -3.50. The van der Waals surface area contributed by atoms with Crippen molar-refractivity contribution in [3.8, 4) is 6.07 Å². The summed E-state index contributed by atoms with van der Waals surface area (Å²) >= 11 is 5.79. The number of nitro groups is 1. The molecule has 25 heavy (non-hydrogen) atoms. The highest BCUT2D eigenvalue weighted by Crippen LogP contribution is 2.28. The summed E-state index contributed by atoms with van der Waals surface area (Å²) in [5, 5.41) is 27.7. The second kappa shape index (κ2) is 6.55. The van der Waals surface area contributed by atoms with E-state index in [1.807, 2.05) is 6.07 Å².